The highest BCUT2D eigenvalue weighted by molar-refractivity contribution is 5.75. The van der Waals surface area contributed by atoms with E-state index >= 15 is 0 Å². The molecule has 136 valence electrons. The largest absolute Gasteiger partial charge is 0.481 e. The average Bonchev–Trinajstić information content (AvgIpc) is 3.19. The smallest absolute Gasteiger partial charge is 0.307 e. The van der Waals surface area contributed by atoms with Crippen molar-refractivity contribution in [3.8, 4) is 11.4 Å². The Hall–Kier alpha value is -3.48. The average molecular weight is 361 g/mol. The summed E-state index contributed by atoms with van der Waals surface area (Å²) in [6.07, 6.45) is 1.72. The number of carboxylic acid groups (broad SMARTS) is 1. The van der Waals surface area contributed by atoms with E-state index in [1.165, 1.54) is 0 Å². The number of nitrogens with zero attached hydrogens (tertiary/aromatic N) is 4. The fourth-order valence-corrected chi connectivity index (χ4v) is 3.22. The molecule has 4 rings (SSSR count). The van der Waals surface area contributed by atoms with Gasteiger partial charge < -0.3 is 10.1 Å². The van der Waals surface area contributed by atoms with Crippen molar-refractivity contribution in [3.05, 3.63) is 65.1 Å². The summed E-state index contributed by atoms with van der Waals surface area (Å²) in [7, 11) is 0. The highest BCUT2D eigenvalue weighted by Gasteiger charge is 2.14. The van der Waals surface area contributed by atoms with Gasteiger partial charge in [-0.3, -0.25) is 9.48 Å². The monoisotopic (exact) mass is 361 g/mol. The van der Waals surface area contributed by atoms with E-state index in [1.54, 1.807) is 6.20 Å². The zero-order valence-electron chi connectivity index (χ0n) is 15.1. The number of carboxylic acids is 1. The molecule has 0 saturated carbocycles. The second-order valence-electron chi connectivity index (χ2n) is 6.53. The first-order chi connectivity index (χ1) is 13.0. The van der Waals surface area contributed by atoms with E-state index in [4.69, 9.17) is 5.11 Å². The zero-order chi connectivity index (χ0) is 19.0. The van der Waals surface area contributed by atoms with Crippen LogP contribution in [0.15, 0.2) is 42.6 Å². The first-order valence-electron chi connectivity index (χ1n) is 8.66. The molecule has 0 spiro atoms. The predicted molar refractivity (Wildman–Crippen MR) is 101 cm³/mol. The first-order valence-corrected chi connectivity index (χ1v) is 8.66. The number of aromatic nitrogens is 5. The number of aryl methyl sites for hydroxylation is 1. The van der Waals surface area contributed by atoms with Crippen LogP contribution in [0.2, 0.25) is 0 Å². The maximum absolute atomic E-state index is 11.0. The molecule has 0 amide bonds. The molecule has 27 heavy (non-hydrogen) atoms. The highest BCUT2D eigenvalue weighted by atomic mass is 16.4. The number of pyridine rings is 1. The summed E-state index contributed by atoms with van der Waals surface area (Å²) in [6.45, 7) is 4.35. The van der Waals surface area contributed by atoms with Crippen LogP contribution in [0.5, 0.6) is 0 Å². The molecular weight excluding hydrogens is 342 g/mol. The predicted octanol–water partition coefficient (Wildman–Crippen LogP) is 3.11. The van der Waals surface area contributed by atoms with E-state index < -0.39 is 5.97 Å². The number of hydrogen-bond acceptors (Lipinski definition) is 4. The van der Waals surface area contributed by atoms with Crippen molar-refractivity contribution >= 4 is 17.1 Å². The van der Waals surface area contributed by atoms with Crippen molar-refractivity contribution < 1.29 is 9.90 Å². The number of rotatable bonds is 5. The molecule has 0 aliphatic carbocycles. The molecule has 0 aliphatic heterocycles. The number of imidazole rings is 1. The minimum absolute atomic E-state index is 0.00328. The Bertz CT molecular complexity index is 1090. The van der Waals surface area contributed by atoms with Gasteiger partial charge in [0.1, 0.15) is 5.82 Å². The van der Waals surface area contributed by atoms with E-state index in [0.29, 0.717) is 12.2 Å². The van der Waals surface area contributed by atoms with E-state index in [9.17, 15) is 4.79 Å². The highest BCUT2D eigenvalue weighted by Crippen LogP contribution is 2.21. The van der Waals surface area contributed by atoms with Gasteiger partial charge in [-0.2, -0.15) is 5.10 Å². The molecular formula is C20H19N5O2. The number of fused-ring (bicyclic) bond motifs is 1. The lowest BCUT2D eigenvalue weighted by atomic mass is 10.1. The van der Waals surface area contributed by atoms with Crippen molar-refractivity contribution in [2.45, 2.75) is 26.8 Å². The summed E-state index contributed by atoms with van der Waals surface area (Å²) in [4.78, 5) is 23.1. The topological polar surface area (TPSA) is 96.7 Å². The van der Waals surface area contributed by atoms with E-state index in [1.807, 2.05) is 54.9 Å². The maximum Gasteiger partial charge on any atom is 0.307 e. The third-order valence-corrected chi connectivity index (χ3v) is 4.68. The molecule has 0 aliphatic rings. The van der Waals surface area contributed by atoms with Crippen molar-refractivity contribution in [1.82, 2.24) is 24.7 Å². The summed E-state index contributed by atoms with van der Waals surface area (Å²) >= 11 is 0. The first kappa shape index (κ1) is 17.0. The van der Waals surface area contributed by atoms with Gasteiger partial charge in [-0.1, -0.05) is 24.3 Å². The van der Waals surface area contributed by atoms with Crippen LogP contribution in [0.3, 0.4) is 0 Å². The van der Waals surface area contributed by atoms with Crippen LogP contribution in [-0.4, -0.2) is 35.8 Å². The Morgan fingerprint density at radius 2 is 1.96 bits per heavy atom. The Morgan fingerprint density at radius 1 is 1.19 bits per heavy atom. The number of aliphatic carboxylic acids is 1. The summed E-state index contributed by atoms with van der Waals surface area (Å²) < 4.78 is 1.85. The van der Waals surface area contributed by atoms with Gasteiger partial charge in [0.15, 0.2) is 5.65 Å². The summed E-state index contributed by atoms with van der Waals surface area (Å²) in [5.74, 6) is -0.0597. The Morgan fingerprint density at radius 3 is 2.67 bits per heavy atom. The maximum atomic E-state index is 11.0. The second kappa shape index (κ2) is 6.68. The van der Waals surface area contributed by atoms with Crippen LogP contribution in [0.1, 0.15) is 22.5 Å². The summed E-state index contributed by atoms with van der Waals surface area (Å²) in [5, 5.41) is 13.6. The van der Waals surface area contributed by atoms with Gasteiger partial charge >= 0.3 is 5.97 Å². The summed E-state index contributed by atoms with van der Waals surface area (Å²) in [5.41, 5.74) is 6.12. The minimum Gasteiger partial charge on any atom is -0.481 e. The molecule has 3 aromatic heterocycles. The molecule has 0 saturated heterocycles. The van der Waals surface area contributed by atoms with Crippen LogP contribution >= 0.6 is 0 Å². The molecule has 0 radical (unpaired) electrons. The Labute approximate surface area is 155 Å². The number of aromatic amines is 1. The quantitative estimate of drug-likeness (QED) is 0.569. The third-order valence-electron chi connectivity index (χ3n) is 4.68. The van der Waals surface area contributed by atoms with Gasteiger partial charge in [-0.15, -0.1) is 0 Å². The molecule has 1 aromatic carbocycles. The van der Waals surface area contributed by atoms with E-state index in [-0.39, 0.29) is 6.42 Å². The van der Waals surface area contributed by atoms with E-state index in [2.05, 4.69) is 20.1 Å². The van der Waals surface area contributed by atoms with Crippen molar-refractivity contribution in [2.24, 2.45) is 0 Å². The molecule has 2 N–H and O–H groups in total. The van der Waals surface area contributed by atoms with Crippen molar-refractivity contribution in [1.29, 1.82) is 0 Å². The van der Waals surface area contributed by atoms with Gasteiger partial charge in [0.2, 0.25) is 0 Å². The van der Waals surface area contributed by atoms with Gasteiger partial charge in [0, 0.05) is 23.0 Å². The molecule has 4 aromatic rings. The SMILES string of the molecule is Cc1nn(Cc2ccc(-c3nc4ncccc4[nH]3)cc2)c(C)c1CC(=O)O. The number of benzene rings is 1. The zero-order valence-corrected chi connectivity index (χ0v) is 15.1. The molecule has 0 fully saturated rings. The number of nitrogens with one attached hydrogen (secondary N) is 1. The Kier molecular flexibility index (Phi) is 4.19. The van der Waals surface area contributed by atoms with Crippen molar-refractivity contribution in [2.75, 3.05) is 0 Å². The lowest BCUT2D eigenvalue weighted by Crippen LogP contribution is -2.06. The van der Waals surface area contributed by atoms with Crippen molar-refractivity contribution in [3.63, 3.8) is 0 Å². The number of H-pyrrole nitrogens is 1. The molecule has 7 nitrogen and oxygen atoms in total. The third kappa shape index (κ3) is 3.31. The Balaban J connectivity index is 1.57. The fraction of sp³-hybridized carbons (Fsp3) is 0.200. The fourth-order valence-electron chi connectivity index (χ4n) is 3.22. The van der Waals surface area contributed by atoms with Crippen LogP contribution < -0.4 is 0 Å². The molecule has 7 heteroatoms. The van der Waals surface area contributed by atoms with Gasteiger partial charge in [0.05, 0.1) is 24.2 Å². The second-order valence-corrected chi connectivity index (χ2v) is 6.53. The number of hydrogen-bond donors (Lipinski definition) is 2. The van der Waals surface area contributed by atoms with Crippen LogP contribution in [0, 0.1) is 13.8 Å². The molecule has 0 atom stereocenters. The number of carbonyl (C=O) groups is 1. The van der Waals surface area contributed by atoms with Gasteiger partial charge in [-0.05, 0) is 31.5 Å². The van der Waals surface area contributed by atoms with E-state index in [0.717, 1.165) is 39.4 Å². The van der Waals surface area contributed by atoms with Gasteiger partial charge in [-0.25, -0.2) is 9.97 Å². The minimum atomic E-state index is -0.842. The van der Waals surface area contributed by atoms with Gasteiger partial charge in [0.25, 0.3) is 0 Å². The lowest BCUT2D eigenvalue weighted by Gasteiger charge is -2.06. The van der Waals surface area contributed by atoms with Crippen LogP contribution in [0.4, 0.5) is 0 Å². The molecule has 0 unspecified atom stereocenters. The molecule has 3 heterocycles. The van der Waals surface area contributed by atoms with Crippen LogP contribution in [0.25, 0.3) is 22.6 Å². The lowest BCUT2D eigenvalue weighted by molar-refractivity contribution is -0.136. The standard InChI is InChI=1S/C20H19N5O2/c1-12-16(10-18(26)27)13(2)25(24-12)11-14-5-7-15(8-6-14)19-22-17-4-3-9-21-20(17)23-19/h3-9H,10-11H2,1-2H3,(H,26,27)(H,21,22,23). The molecule has 0 bridgehead atoms. The van der Waals surface area contributed by atoms with Crippen LogP contribution in [-0.2, 0) is 17.8 Å². The summed E-state index contributed by atoms with van der Waals surface area (Å²) in [6, 6.07) is 11.9. The normalized spacial score (nSPS) is 11.2.